The van der Waals surface area contributed by atoms with Crippen LogP contribution in [0.15, 0.2) is 0 Å². The summed E-state index contributed by atoms with van der Waals surface area (Å²) >= 11 is 0. The van der Waals surface area contributed by atoms with Crippen LogP contribution in [-0.4, -0.2) is 48.1 Å². The first-order chi connectivity index (χ1) is 8.00. The molecule has 17 heavy (non-hydrogen) atoms. The van der Waals surface area contributed by atoms with Gasteiger partial charge in [0.15, 0.2) is 0 Å². The molecule has 0 aromatic rings. The normalized spacial score (nSPS) is 20.3. The molecule has 2 N–H and O–H groups in total. The lowest BCUT2D eigenvalue weighted by molar-refractivity contribution is -0.147. The molecule has 5 nitrogen and oxygen atoms in total. The van der Waals surface area contributed by atoms with Crippen LogP contribution >= 0.6 is 0 Å². The molecule has 0 radical (unpaired) electrons. The van der Waals surface area contributed by atoms with E-state index in [2.05, 4.69) is 5.32 Å². The van der Waals surface area contributed by atoms with Crippen LogP contribution in [0, 0.1) is 11.8 Å². The van der Waals surface area contributed by atoms with Crippen molar-refractivity contribution >= 4 is 11.9 Å². The lowest BCUT2D eigenvalue weighted by atomic mass is 9.97. The van der Waals surface area contributed by atoms with Gasteiger partial charge in [0.05, 0.1) is 5.92 Å². The van der Waals surface area contributed by atoms with E-state index in [0.717, 1.165) is 19.4 Å². The molecule has 1 rings (SSSR count). The molecule has 1 saturated heterocycles. The summed E-state index contributed by atoms with van der Waals surface area (Å²) in [5.41, 5.74) is 0. The first kappa shape index (κ1) is 14.0. The summed E-state index contributed by atoms with van der Waals surface area (Å²) in [5.74, 6) is -0.729. The summed E-state index contributed by atoms with van der Waals surface area (Å²) in [6, 6.07) is 0. The van der Waals surface area contributed by atoms with Gasteiger partial charge in [-0.15, -0.1) is 0 Å². The number of hydrogen-bond donors (Lipinski definition) is 2. The van der Waals surface area contributed by atoms with Crippen LogP contribution < -0.4 is 5.32 Å². The Morgan fingerprint density at radius 2 is 2.18 bits per heavy atom. The number of nitrogens with zero attached hydrogens (tertiary/aromatic N) is 1. The van der Waals surface area contributed by atoms with Crippen LogP contribution in [0.3, 0.4) is 0 Å². The summed E-state index contributed by atoms with van der Waals surface area (Å²) in [6.07, 6.45) is 1.85. The first-order valence-electron chi connectivity index (χ1n) is 6.22. The number of amides is 1. The zero-order valence-corrected chi connectivity index (χ0v) is 10.6. The number of piperidine rings is 1. The van der Waals surface area contributed by atoms with Crippen molar-refractivity contribution in [1.82, 2.24) is 10.2 Å². The Morgan fingerprint density at radius 3 is 2.65 bits per heavy atom. The third-order valence-electron chi connectivity index (χ3n) is 2.87. The zero-order valence-electron chi connectivity index (χ0n) is 10.6. The van der Waals surface area contributed by atoms with Crippen molar-refractivity contribution in [3.05, 3.63) is 0 Å². The molecule has 0 unspecified atom stereocenters. The Kier molecular flexibility index (Phi) is 5.41. The number of rotatable bonds is 5. The lowest BCUT2D eigenvalue weighted by Gasteiger charge is -2.29. The smallest absolute Gasteiger partial charge is 0.323 e. The number of aliphatic carboxylic acids is 1. The maximum atomic E-state index is 12.2. The Balaban J connectivity index is 2.60. The van der Waals surface area contributed by atoms with E-state index in [1.807, 2.05) is 13.8 Å². The third-order valence-corrected chi connectivity index (χ3v) is 2.87. The van der Waals surface area contributed by atoms with Crippen LogP contribution in [0.2, 0.25) is 0 Å². The number of carbonyl (C=O) groups excluding carboxylic acids is 1. The molecule has 1 aliphatic heterocycles. The van der Waals surface area contributed by atoms with Crippen molar-refractivity contribution in [2.45, 2.75) is 26.7 Å². The van der Waals surface area contributed by atoms with E-state index in [-0.39, 0.29) is 24.3 Å². The minimum atomic E-state index is -0.942. The topological polar surface area (TPSA) is 69.6 Å². The van der Waals surface area contributed by atoms with E-state index >= 15 is 0 Å². The quantitative estimate of drug-likeness (QED) is 0.739. The van der Waals surface area contributed by atoms with E-state index in [0.29, 0.717) is 13.1 Å². The molecule has 0 saturated carbocycles. The molecule has 0 aliphatic carbocycles. The molecule has 0 bridgehead atoms. The highest BCUT2D eigenvalue weighted by Gasteiger charge is 2.27. The molecular formula is C12H22N2O3. The maximum absolute atomic E-state index is 12.2. The highest BCUT2D eigenvalue weighted by Crippen LogP contribution is 2.14. The third kappa shape index (κ3) is 4.73. The van der Waals surface area contributed by atoms with Crippen molar-refractivity contribution < 1.29 is 14.7 Å². The van der Waals surface area contributed by atoms with E-state index < -0.39 is 5.97 Å². The van der Waals surface area contributed by atoms with Gasteiger partial charge in [-0.1, -0.05) is 13.8 Å². The van der Waals surface area contributed by atoms with Crippen molar-refractivity contribution in [2.24, 2.45) is 11.8 Å². The van der Waals surface area contributed by atoms with Gasteiger partial charge in [-0.2, -0.15) is 0 Å². The fourth-order valence-electron chi connectivity index (χ4n) is 2.16. The Bertz CT molecular complexity index is 273. The summed E-state index contributed by atoms with van der Waals surface area (Å²) < 4.78 is 0. The molecule has 1 fully saturated rings. The van der Waals surface area contributed by atoms with Gasteiger partial charge in [0.2, 0.25) is 5.91 Å². The van der Waals surface area contributed by atoms with Crippen molar-refractivity contribution in [3.63, 3.8) is 0 Å². The van der Waals surface area contributed by atoms with Crippen LogP contribution in [-0.2, 0) is 9.59 Å². The monoisotopic (exact) mass is 242 g/mol. The van der Waals surface area contributed by atoms with Crippen LogP contribution in [0.5, 0.6) is 0 Å². The molecule has 98 valence electrons. The molecule has 0 spiro atoms. The van der Waals surface area contributed by atoms with Gasteiger partial charge in [-0.05, 0) is 25.3 Å². The predicted molar refractivity (Wildman–Crippen MR) is 64.6 cm³/mol. The second kappa shape index (κ2) is 6.59. The second-order valence-electron chi connectivity index (χ2n) is 5.05. The van der Waals surface area contributed by atoms with Gasteiger partial charge in [0.1, 0.15) is 6.54 Å². The average Bonchev–Trinajstić information content (AvgIpc) is 2.27. The molecule has 1 heterocycles. The number of carboxylic acids is 1. The molecule has 1 atom stereocenters. The minimum Gasteiger partial charge on any atom is -0.480 e. The van der Waals surface area contributed by atoms with E-state index in [1.54, 1.807) is 0 Å². The van der Waals surface area contributed by atoms with Crippen molar-refractivity contribution in [2.75, 3.05) is 26.2 Å². The van der Waals surface area contributed by atoms with E-state index in [9.17, 15) is 9.59 Å². The number of carbonyl (C=O) groups is 2. The average molecular weight is 242 g/mol. The number of carboxylic acid groups (broad SMARTS) is 1. The fourth-order valence-corrected chi connectivity index (χ4v) is 2.16. The summed E-state index contributed by atoms with van der Waals surface area (Å²) in [6.45, 7) is 5.93. The molecule has 1 amide bonds. The van der Waals surface area contributed by atoms with Gasteiger partial charge in [-0.3, -0.25) is 9.59 Å². The highest BCUT2D eigenvalue weighted by molar-refractivity contribution is 5.83. The van der Waals surface area contributed by atoms with Gasteiger partial charge in [0.25, 0.3) is 0 Å². The van der Waals surface area contributed by atoms with Crippen molar-refractivity contribution in [1.29, 1.82) is 0 Å². The predicted octanol–water partition coefficient (Wildman–Crippen LogP) is 0.555. The first-order valence-corrected chi connectivity index (χ1v) is 6.22. The number of nitrogens with one attached hydrogen (secondary N) is 1. The van der Waals surface area contributed by atoms with E-state index in [4.69, 9.17) is 5.11 Å². The Hall–Kier alpha value is -1.10. The molecule has 0 aromatic carbocycles. The van der Waals surface area contributed by atoms with Crippen LogP contribution in [0.4, 0.5) is 0 Å². The zero-order chi connectivity index (χ0) is 12.8. The summed E-state index contributed by atoms with van der Waals surface area (Å²) in [7, 11) is 0. The Labute approximate surface area is 102 Å². The Morgan fingerprint density at radius 1 is 1.47 bits per heavy atom. The van der Waals surface area contributed by atoms with Gasteiger partial charge in [0, 0.05) is 13.1 Å². The minimum absolute atomic E-state index is 0.0201. The van der Waals surface area contributed by atoms with Crippen LogP contribution in [0.1, 0.15) is 26.7 Å². The molecule has 1 aliphatic rings. The van der Waals surface area contributed by atoms with Crippen LogP contribution in [0.25, 0.3) is 0 Å². The SMILES string of the molecule is CC(C)CN(CC(=O)O)C(=O)[C@@H]1CCCNC1. The summed E-state index contributed by atoms with van der Waals surface area (Å²) in [4.78, 5) is 24.4. The largest absolute Gasteiger partial charge is 0.480 e. The highest BCUT2D eigenvalue weighted by atomic mass is 16.4. The van der Waals surface area contributed by atoms with Gasteiger partial charge < -0.3 is 15.3 Å². The molecular weight excluding hydrogens is 220 g/mol. The summed E-state index contributed by atoms with van der Waals surface area (Å²) in [5, 5.41) is 12.0. The van der Waals surface area contributed by atoms with Crippen molar-refractivity contribution in [3.8, 4) is 0 Å². The van der Waals surface area contributed by atoms with Gasteiger partial charge in [-0.25, -0.2) is 0 Å². The van der Waals surface area contributed by atoms with Gasteiger partial charge >= 0.3 is 5.97 Å². The molecule has 0 aromatic heterocycles. The number of hydrogen-bond acceptors (Lipinski definition) is 3. The lowest BCUT2D eigenvalue weighted by Crippen LogP contribution is -2.46. The fraction of sp³-hybridized carbons (Fsp3) is 0.833. The maximum Gasteiger partial charge on any atom is 0.323 e. The standard InChI is InChI=1S/C12H22N2O3/c1-9(2)7-14(8-11(15)16)12(17)10-4-3-5-13-6-10/h9-10,13H,3-8H2,1-2H3,(H,15,16)/t10-/m1/s1. The second-order valence-corrected chi connectivity index (χ2v) is 5.05. The van der Waals surface area contributed by atoms with E-state index in [1.165, 1.54) is 4.90 Å². The molecule has 5 heteroatoms.